The Hall–Kier alpha value is -3.49. The summed E-state index contributed by atoms with van der Waals surface area (Å²) >= 11 is 0. The molecule has 4 saturated heterocycles. The van der Waals surface area contributed by atoms with Crippen molar-refractivity contribution in [2.45, 2.75) is 161 Å². The van der Waals surface area contributed by atoms with Gasteiger partial charge in [-0.05, 0) is 0 Å². The van der Waals surface area contributed by atoms with Gasteiger partial charge in [0.05, 0.1) is 50.7 Å². The monoisotopic (exact) mass is 981 g/mol. The van der Waals surface area contributed by atoms with E-state index < -0.39 is 209 Å². The van der Waals surface area contributed by atoms with Gasteiger partial charge in [-0.3, -0.25) is 14.4 Å². The summed E-state index contributed by atoms with van der Waals surface area (Å²) in [6.45, 7) is -3.80. The van der Waals surface area contributed by atoms with E-state index >= 15 is 0 Å². The van der Waals surface area contributed by atoms with Crippen molar-refractivity contribution in [2.75, 3.05) is 33.0 Å². The average molecular weight is 982 g/mol. The van der Waals surface area contributed by atoms with Crippen molar-refractivity contribution in [3.05, 3.63) is 0 Å². The molecule has 0 saturated carbocycles. The van der Waals surface area contributed by atoms with Gasteiger partial charge in [-0.2, -0.15) is 0 Å². The van der Waals surface area contributed by atoms with Crippen molar-refractivity contribution in [3.8, 4) is 0 Å². The van der Waals surface area contributed by atoms with Gasteiger partial charge in [-0.15, -0.1) is 0 Å². The summed E-state index contributed by atoms with van der Waals surface area (Å²) in [5.74, 6) is -13.2. The number of carboxylic acids is 2. The molecule has 19 N–H and O–H groups in total. The predicted octanol–water partition coefficient (Wildman–Crippen LogP) is -11.9. The number of carbonyl (C=O) groups excluding carboxylic acids is 3. The van der Waals surface area contributed by atoms with Crippen LogP contribution in [0.4, 0.5) is 0 Å². The molecular formula is C36H59N3O28. The van der Waals surface area contributed by atoms with E-state index in [1.54, 1.807) is 0 Å². The van der Waals surface area contributed by atoms with E-state index in [4.69, 9.17) is 33.2 Å². The summed E-state index contributed by atoms with van der Waals surface area (Å²) in [6.07, 6.45) is -38.7. The molecule has 386 valence electrons. The van der Waals surface area contributed by atoms with Crippen LogP contribution in [0, 0.1) is 0 Å². The molecule has 31 nitrogen and oxygen atoms in total. The molecule has 0 unspecified atom stereocenters. The Balaban J connectivity index is 1.67. The van der Waals surface area contributed by atoms with Gasteiger partial charge in [0.2, 0.25) is 17.7 Å². The van der Waals surface area contributed by atoms with E-state index in [1.165, 1.54) is 0 Å². The molecule has 0 spiro atoms. The van der Waals surface area contributed by atoms with E-state index in [9.17, 15) is 106 Å². The first-order chi connectivity index (χ1) is 31.3. The number of amides is 3. The molecule has 3 amide bonds. The molecule has 31 heteroatoms. The summed E-state index contributed by atoms with van der Waals surface area (Å²) < 4.78 is 39.0. The Morgan fingerprint density at radius 3 is 1.60 bits per heavy atom. The minimum absolute atomic E-state index is 0.796. The molecule has 4 rings (SSSR count). The molecule has 4 aliphatic heterocycles. The van der Waals surface area contributed by atoms with E-state index in [1.807, 2.05) is 0 Å². The largest absolute Gasteiger partial charge is 0.477 e. The summed E-state index contributed by atoms with van der Waals surface area (Å²) in [6, 6.07) is -5.25. The Bertz CT molecular complexity index is 1700. The van der Waals surface area contributed by atoms with Gasteiger partial charge < -0.3 is 131 Å². The number of aliphatic hydroxyl groups is 14. The second-order valence-electron chi connectivity index (χ2n) is 16.3. The zero-order chi connectivity index (χ0) is 50.5. The van der Waals surface area contributed by atoms with Crippen LogP contribution in [0.15, 0.2) is 0 Å². The van der Waals surface area contributed by atoms with Gasteiger partial charge in [-0.1, -0.05) is 0 Å². The van der Waals surface area contributed by atoms with Gasteiger partial charge in [-0.25, -0.2) is 9.59 Å². The number of aliphatic carboxylic acids is 2. The van der Waals surface area contributed by atoms with Crippen LogP contribution in [0.5, 0.6) is 0 Å². The summed E-state index contributed by atoms with van der Waals surface area (Å²) in [5, 5.41) is 175. The maximum absolute atomic E-state index is 12.9. The highest BCUT2D eigenvalue weighted by atomic mass is 16.8. The third-order valence-electron chi connectivity index (χ3n) is 11.5. The molecule has 0 bridgehead atoms. The second-order valence-corrected chi connectivity index (χ2v) is 16.3. The molecule has 0 aromatic rings. The Labute approximate surface area is 377 Å². The quantitative estimate of drug-likeness (QED) is 0.0538. The lowest BCUT2D eigenvalue weighted by molar-refractivity contribution is -0.382. The number of rotatable bonds is 20. The molecule has 0 radical (unpaired) electrons. The maximum atomic E-state index is 12.9. The Morgan fingerprint density at radius 1 is 0.642 bits per heavy atom. The van der Waals surface area contributed by atoms with Crippen LogP contribution >= 0.6 is 0 Å². The minimum Gasteiger partial charge on any atom is -0.477 e. The summed E-state index contributed by atoms with van der Waals surface area (Å²) in [5.41, 5.74) is 0. The van der Waals surface area contributed by atoms with Crippen molar-refractivity contribution >= 4 is 29.7 Å². The first kappa shape index (κ1) is 56.1. The first-order valence-electron chi connectivity index (χ1n) is 20.5. The number of carboxylic acid groups (broad SMARTS) is 2. The van der Waals surface area contributed by atoms with Crippen molar-refractivity contribution < 1.29 is 139 Å². The van der Waals surface area contributed by atoms with Gasteiger partial charge in [0.15, 0.2) is 12.6 Å². The Morgan fingerprint density at radius 2 is 1.12 bits per heavy atom. The lowest BCUT2D eigenvalue weighted by atomic mass is 9.88. The van der Waals surface area contributed by atoms with Crippen LogP contribution in [-0.2, 0) is 57.1 Å². The lowest BCUT2D eigenvalue weighted by Crippen LogP contribution is -2.71. The standard InChI is InChI=1S/C36H59N3O28/c1-10(44)37-19-12(46)3-35(33(57)58,65-28(19)22(51)14(48)5-40)61-9-17-25(54)27(21(31(56)62-17)38-11(2)45)64-32-26(55)30(24(53)16(7-42)63-32)67-36(34(59)60)4-13(47)20(39-18(50)8-43)29(66-36)23(52)15(49)6-41/h12-17,19-32,40-43,46-49,51-56H,3-9H2,1-2H3,(H,37,44)(H,38,45)(H,39,50)(H,57,58)(H,59,60)/t12-,13-,14+,15+,16+,17+,19+,20+,21+,22+,23+,24-,25-,26+,27+,28+,29+,30-,31-,32-,35+,36-/m0/s1. The molecule has 0 aromatic heterocycles. The van der Waals surface area contributed by atoms with Crippen LogP contribution in [0.1, 0.15) is 26.7 Å². The number of hydrogen-bond acceptors (Lipinski definition) is 26. The SMILES string of the molecule is CC(=O)N[C@@H]1[C@@H](O[C@@H]2O[C@H](CO)[C@H](O)[C@H](O[C@]3(C(=O)O)C[C@H](O)[C@@H](NC(=O)CO)[C@H]([C@H](O)[C@H](O)CO)O3)[C@H]2O)[C@@H](O)[C@@H](CO[C@]2(C(=O)O)C[C@H](O)[C@@H](NC(C)=O)[C@H]([C@H](O)[C@H](O)CO)O2)O[C@@H]1O. The van der Waals surface area contributed by atoms with E-state index in [-0.39, 0.29) is 0 Å². The molecular weight excluding hydrogens is 922 g/mol. The molecule has 4 heterocycles. The third kappa shape index (κ3) is 12.5. The first-order valence-corrected chi connectivity index (χ1v) is 20.5. The van der Waals surface area contributed by atoms with Crippen LogP contribution < -0.4 is 16.0 Å². The highest BCUT2D eigenvalue weighted by Crippen LogP contribution is 2.39. The summed E-state index contributed by atoms with van der Waals surface area (Å²) in [4.78, 5) is 61.9. The molecule has 0 aromatic carbocycles. The smallest absolute Gasteiger partial charge is 0.364 e. The van der Waals surface area contributed by atoms with Gasteiger partial charge in [0, 0.05) is 26.7 Å². The normalized spacial score (nSPS) is 41.0. The number of aliphatic hydroxyl groups excluding tert-OH is 14. The Kier molecular flexibility index (Phi) is 19.6. The molecule has 4 fully saturated rings. The number of ether oxygens (including phenoxy) is 7. The van der Waals surface area contributed by atoms with Crippen LogP contribution in [0.3, 0.4) is 0 Å². The molecule has 4 aliphatic rings. The fourth-order valence-electron chi connectivity index (χ4n) is 8.04. The van der Waals surface area contributed by atoms with Gasteiger partial charge >= 0.3 is 11.9 Å². The van der Waals surface area contributed by atoms with Crippen molar-refractivity contribution in [2.24, 2.45) is 0 Å². The van der Waals surface area contributed by atoms with Gasteiger partial charge in [0.1, 0.15) is 92.0 Å². The van der Waals surface area contributed by atoms with E-state index in [0.29, 0.717) is 0 Å². The fourth-order valence-corrected chi connectivity index (χ4v) is 8.04. The maximum Gasteiger partial charge on any atom is 0.364 e. The highest BCUT2D eigenvalue weighted by Gasteiger charge is 2.61. The minimum atomic E-state index is -3.26. The van der Waals surface area contributed by atoms with E-state index in [2.05, 4.69) is 16.0 Å². The number of hydrogen-bond donors (Lipinski definition) is 19. The van der Waals surface area contributed by atoms with Crippen molar-refractivity contribution in [1.29, 1.82) is 0 Å². The van der Waals surface area contributed by atoms with Crippen molar-refractivity contribution in [3.63, 3.8) is 0 Å². The average Bonchev–Trinajstić information content (AvgIpc) is 3.27. The number of carbonyl (C=O) groups is 5. The second kappa shape index (κ2) is 23.4. The lowest BCUT2D eigenvalue weighted by Gasteiger charge is -2.51. The van der Waals surface area contributed by atoms with Gasteiger partial charge in [0.25, 0.3) is 11.6 Å². The predicted molar refractivity (Wildman–Crippen MR) is 204 cm³/mol. The molecule has 22 atom stereocenters. The number of nitrogens with one attached hydrogen (secondary N) is 3. The van der Waals surface area contributed by atoms with Crippen LogP contribution in [0.25, 0.3) is 0 Å². The molecule has 67 heavy (non-hydrogen) atoms. The topological polar surface area (TPSA) is 510 Å². The van der Waals surface area contributed by atoms with Crippen molar-refractivity contribution in [1.82, 2.24) is 16.0 Å². The highest BCUT2D eigenvalue weighted by molar-refractivity contribution is 5.78. The molecule has 0 aliphatic carbocycles. The van der Waals surface area contributed by atoms with Crippen LogP contribution in [-0.4, -0.2) is 278 Å². The summed E-state index contributed by atoms with van der Waals surface area (Å²) in [7, 11) is 0. The third-order valence-corrected chi connectivity index (χ3v) is 11.5. The fraction of sp³-hybridized carbons (Fsp3) is 0.861. The zero-order valence-electron chi connectivity index (χ0n) is 35.6. The zero-order valence-corrected chi connectivity index (χ0v) is 35.6. The van der Waals surface area contributed by atoms with E-state index in [0.717, 1.165) is 13.8 Å². The van der Waals surface area contributed by atoms with Crippen LogP contribution in [0.2, 0.25) is 0 Å².